The summed E-state index contributed by atoms with van der Waals surface area (Å²) in [6, 6.07) is 21.5. The van der Waals surface area contributed by atoms with Gasteiger partial charge >= 0.3 is 0 Å². The Bertz CT molecular complexity index is 554. The zero-order valence-electron chi connectivity index (χ0n) is 13.0. The van der Waals surface area contributed by atoms with E-state index in [1.54, 1.807) is 0 Å². The number of nitrogens with two attached hydrogens (primary N) is 1. The van der Waals surface area contributed by atoms with Gasteiger partial charge in [-0.3, -0.25) is 0 Å². The van der Waals surface area contributed by atoms with Gasteiger partial charge in [0.1, 0.15) is 0 Å². The molecule has 22 heavy (non-hydrogen) atoms. The van der Waals surface area contributed by atoms with Gasteiger partial charge in [0.25, 0.3) is 0 Å². The molecule has 1 heterocycles. The minimum absolute atomic E-state index is 0.305. The van der Waals surface area contributed by atoms with E-state index in [1.165, 1.54) is 11.1 Å². The van der Waals surface area contributed by atoms with Crippen LogP contribution in [0.2, 0.25) is 0 Å². The number of rotatable bonds is 6. The Balaban J connectivity index is 1.78. The number of hydrogen-bond acceptors (Lipinski definition) is 2. The lowest BCUT2D eigenvalue weighted by Crippen LogP contribution is -2.22. The third-order valence-corrected chi connectivity index (χ3v) is 4.60. The van der Waals surface area contributed by atoms with Gasteiger partial charge in [-0.05, 0) is 43.4 Å². The van der Waals surface area contributed by atoms with Crippen LogP contribution in [0.3, 0.4) is 0 Å². The molecule has 3 rings (SSSR count). The topological polar surface area (TPSA) is 35.2 Å². The van der Waals surface area contributed by atoms with E-state index in [9.17, 15) is 0 Å². The Hall–Kier alpha value is -1.64. The first kappa shape index (κ1) is 15.3. The Labute approximate surface area is 133 Å². The van der Waals surface area contributed by atoms with Crippen LogP contribution >= 0.6 is 0 Å². The molecule has 2 heteroatoms. The summed E-state index contributed by atoms with van der Waals surface area (Å²) in [5.74, 6) is 0.423. The molecule has 0 aliphatic carbocycles. The first-order valence-electron chi connectivity index (χ1n) is 8.31. The highest BCUT2D eigenvalue weighted by molar-refractivity contribution is 5.25. The SMILES string of the molecule is NCCC1CCC(C(Cc2ccccc2)c2ccccc2)O1. The molecule has 0 amide bonds. The van der Waals surface area contributed by atoms with Gasteiger partial charge in [-0.25, -0.2) is 0 Å². The maximum atomic E-state index is 6.31. The second-order valence-corrected chi connectivity index (χ2v) is 6.16. The summed E-state index contributed by atoms with van der Waals surface area (Å²) < 4.78 is 6.31. The van der Waals surface area contributed by atoms with Crippen molar-refractivity contribution in [3.05, 3.63) is 71.8 Å². The summed E-state index contributed by atoms with van der Waals surface area (Å²) in [5.41, 5.74) is 8.44. The van der Waals surface area contributed by atoms with Crippen molar-refractivity contribution in [2.45, 2.75) is 43.8 Å². The number of hydrogen-bond donors (Lipinski definition) is 1. The van der Waals surface area contributed by atoms with Gasteiger partial charge in [0, 0.05) is 5.92 Å². The molecule has 2 aromatic carbocycles. The van der Waals surface area contributed by atoms with E-state index in [2.05, 4.69) is 60.7 Å². The fourth-order valence-corrected chi connectivity index (χ4v) is 3.46. The molecular weight excluding hydrogens is 270 g/mol. The average Bonchev–Trinajstić information content (AvgIpc) is 3.03. The predicted molar refractivity (Wildman–Crippen MR) is 90.9 cm³/mol. The summed E-state index contributed by atoms with van der Waals surface area (Å²) in [6.45, 7) is 0.714. The van der Waals surface area contributed by atoms with Gasteiger partial charge in [0.2, 0.25) is 0 Å². The van der Waals surface area contributed by atoms with Crippen molar-refractivity contribution in [1.29, 1.82) is 0 Å². The maximum absolute atomic E-state index is 6.31. The Morgan fingerprint density at radius 2 is 1.64 bits per heavy atom. The molecule has 0 aromatic heterocycles. The van der Waals surface area contributed by atoms with E-state index in [0.29, 0.717) is 24.7 Å². The minimum atomic E-state index is 0.305. The van der Waals surface area contributed by atoms with Gasteiger partial charge in [-0.2, -0.15) is 0 Å². The molecule has 2 nitrogen and oxygen atoms in total. The monoisotopic (exact) mass is 295 g/mol. The largest absolute Gasteiger partial charge is 0.374 e. The molecule has 0 spiro atoms. The Kier molecular flexibility index (Phi) is 5.25. The van der Waals surface area contributed by atoms with Crippen LogP contribution in [0.15, 0.2) is 60.7 Å². The summed E-state index contributed by atoms with van der Waals surface area (Å²) in [5, 5.41) is 0. The lowest BCUT2D eigenvalue weighted by atomic mass is 9.86. The molecule has 1 aliphatic heterocycles. The lowest BCUT2D eigenvalue weighted by molar-refractivity contribution is 0.0265. The van der Waals surface area contributed by atoms with Crippen LogP contribution < -0.4 is 5.73 Å². The van der Waals surface area contributed by atoms with E-state index in [1.807, 2.05) is 0 Å². The normalized spacial score (nSPS) is 22.6. The molecule has 1 aliphatic rings. The molecule has 0 radical (unpaired) electrons. The Morgan fingerprint density at radius 1 is 0.955 bits per heavy atom. The quantitative estimate of drug-likeness (QED) is 0.877. The number of benzene rings is 2. The first-order valence-corrected chi connectivity index (χ1v) is 8.31. The minimum Gasteiger partial charge on any atom is -0.374 e. The summed E-state index contributed by atoms with van der Waals surface area (Å²) in [4.78, 5) is 0. The zero-order chi connectivity index (χ0) is 15.2. The van der Waals surface area contributed by atoms with Crippen molar-refractivity contribution in [2.24, 2.45) is 5.73 Å². The molecule has 1 saturated heterocycles. The van der Waals surface area contributed by atoms with Crippen molar-refractivity contribution < 1.29 is 4.74 Å². The van der Waals surface area contributed by atoms with Crippen molar-refractivity contribution in [3.63, 3.8) is 0 Å². The summed E-state index contributed by atoms with van der Waals surface area (Å²) >= 11 is 0. The van der Waals surface area contributed by atoms with Crippen LogP contribution in [0.4, 0.5) is 0 Å². The summed E-state index contributed by atoms with van der Waals surface area (Å²) in [6.07, 6.45) is 4.93. The molecule has 2 N–H and O–H groups in total. The fraction of sp³-hybridized carbons (Fsp3) is 0.400. The van der Waals surface area contributed by atoms with Crippen molar-refractivity contribution in [3.8, 4) is 0 Å². The number of ether oxygens (including phenoxy) is 1. The summed E-state index contributed by atoms with van der Waals surface area (Å²) in [7, 11) is 0. The fourth-order valence-electron chi connectivity index (χ4n) is 3.46. The van der Waals surface area contributed by atoms with Crippen LogP contribution in [0.5, 0.6) is 0 Å². The second-order valence-electron chi connectivity index (χ2n) is 6.16. The zero-order valence-corrected chi connectivity index (χ0v) is 13.0. The van der Waals surface area contributed by atoms with Gasteiger partial charge in [-0.1, -0.05) is 60.7 Å². The standard InChI is InChI=1S/C20H25NO/c21-14-13-18-11-12-20(22-18)19(17-9-5-2-6-10-17)15-16-7-3-1-4-8-16/h1-10,18-20H,11-15,21H2. The van der Waals surface area contributed by atoms with E-state index in [-0.39, 0.29) is 0 Å². The van der Waals surface area contributed by atoms with Gasteiger partial charge in [0.15, 0.2) is 0 Å². The van der Waals surface area contributed by atoms with Crippen LogP contribution in [0.1, 0.15) is 36.3 Å². The molecule has 2 aromatic rings. The molecule has 3 atom stereocenters. The first-order chi connectivity index (χ1) is 10.9. The van der Waals surface area contributed by atoms with Crippen molar-refractivity contribution in [2.75, 3.05) is 6.54 Å². The molecule has 116 valence electrons. The second kappa shape index (κ2) is 7.57. The Morgan fingerprint density at radius 3 is 2.32 bits per heavy atom. The van der Waals surface area contributed by atoms with E-state index >= 15 is 0 Å². The highest BCUT2D eigenvalue weighted by Gasteiger charge is 2.32. The molecule has 3 unspecified atom stereocenters. The molecule has 0 bridgehead atoms. The van der Waals surface area contributed by atoms with E-state index < -0.39 is 0 Å². The van der Waals surface area contributed by atoms with Crippen LogP contribution in [0.25, 0.3) is 0 Å². The highest BCUT2D eigenvalue weighted by atomic mass is 16.5. The average molecular weight is 295 g/mol. The highest BCUT2D eigenvalue weighted by Crippen LogP contribution is 2.35. The van der Waals surface area contributed by atoms with Gasteiger partial charge in [0.05, 0.1) is 12.2 Å². The lowest BCUT2D eigenvalue weighted by Gasteiger charge is -2.25. The maximum Gasteiger partial charge on any atom is 0.0651 e. The van der Waals surface area contributed by atoms with Crippen LogP contribution in [-0.4, -0.2) is 18.8 Å². The molecule has 0 saturated carbocycles. The molecule has 1 fully saturated rings. The van der Waals surface area contributed by atoms with Crippen molar-refractivity contribution >= 4 is 0 Å². The van der Waals surface area contributed by atoms with Crippen molar-refractivity contribution in [1.82, 2.24) is 0 Å². The predicted octanol–water partition coefficient (Wildman–Crippen LogP) is 3.91. The third-order valence-electron chi connectivity index (χ3n) is 4.60. The van der Waals surface area contributed by atoms with E-state index in [4.69, 9.17) is 10.5 Å². The smallest absolute Gasteiger partial charge is 0.0651 e. The van der Waals surface area contributed by atoms with Gasteiger partial charge in [-0.15, -0.1) is 0 Å². The van der Waals surface area contributed by atoms with E-state index in [0.717, 1.165) is 25.7 Å². The molecular formula is C20H25NO. The van der Waals surface area contributed by atoms with Crippen LogP contribution in [0, 0.1) is 0 Å². The van der Waals surface area contributed by atoms with Crippen LogP contribution in [-0.2, 0) is 11.2 Å². The third kappa shape index (κ3) is 3.76. The van der Waals surface area contributed by atoms with Gasteiger partial charge < -0.3 is 10.5 Å².